The number of carbonyl (C=O) groups is 1. The van der Waals surface area contributed by atoms with E-state index in [1.807, 2.05) is 28.0 Å². The molecule has 2 amide bonds. The third-order valence-corrected chi connectivity index (χ3v) is 6.11. The number of fused-ring (bicyclic) bond motifs is 1. The van der Waals surface area contributed by atoms with Gasteiger partial charge in [0.1, 0.15) is 5.75 Å². The van der Waals surface area contributed by atoms with Gasteiger partial charge in [0, 0.05) is 63.4 Å². The number of anilines is 2. The van der Waals surface area contributed by atoms with Crippen LogP contribution in [0.5, 0.6) is 5.75 Å². The molecule has 1 saturated heterocycles. The number of benzene rings is 1. The van der Waals surface area contributed by atoms with Gasteiger partial charge in [-0.3, -0.25) is 4.98 Å². The minimum absolute atomic E-state index is 0.121. The summed E-state index contributed by atoms with van der Waals surface area (Å²) in [6.45, 7) is 4.67. The Labute approximate surface area is 193 Å². The molecule has 5 rings (SSSR count). The Balaban J connectivity index is 1.28. The van der Waals surface area contributed by atoms with Gasteiger partial charge < -0.3 is 24.8 Å². The van der Waals surface area contributed by atoms with Crippen LogP contribution in [0.4, 0.5) is 16.4 Å². The minimum atomic E-state index is 0.121. The molecular weight excluding hydrogens is 418 g/mol. The van der Waals surface area contributed by atoms with Gasteiger partial charge in [-0.2, -0.15) is 0 Å². The maximum Gasteiger partial charge on any atom is 0.320 e. The van der Waals surface area contributed by atoms with Crippen LogP contribution in [-0.2, 0) is 13.1 Å². The van der Waals surface area contributed by atoms with E-state index in [1.165, 1.54) is 5.56 Å². The van der Waals surface area contributed by atoms with Gasteiger partial charge in [-0.1, -0.05) is 6.07 Å². The van der Waals surface area contributed by atoms with Crippen LogP contribution in [0.3, 0.4) is 0 Å². The summed E-state index contributed by atoms with van der Waals surface area (Å²) in [4.78, 5) is 32.4. The second kappa shape index (κ2) is 9.03. The van der Waals surface area contributed by atoms with E-state index in [2.05, 4.69) is 44.3 Å². The largest absolute Gasteiger partial charge is 0.497 e. The normalized spacial score (nSPS) is 15.9. The van der Waals surface area contributed by atoms with E-state index in [1.54, 1.807) is 25.6 Å². The van der Waals surface area contributed by atoms with Gasteiger partial charge in [-0.25, -0.2) is 14.8 Å². The Hall–Kier alpha value is -3.72. The van der Waals surface area contributed by atoms with Gasteiger partial charge in [0.05, 0.1) is 18.5 Å². The summed E-state index contributed by atoms with van der Waals surface area (Å²) < 4.78 is 5.28. The van der Waals surface area contributed by atoms with Crippen LogP contribution in [0, 0.1) is 0 Å². The highest BCUT2D eigenvalue weighted by Crippen LogP contribution is 2.28. The van der Waals surface area contributed by atoms with Gasteiger partial charge >= 0.3 is 6.03 Å². The molecule has 1 fully saturated rings. The lowest BCUT2D eigenvalue weighted by Gasteiger charge is -2.34. The van der Waals surface area contributed by atoms with Crippen molar-refractivity contribution in [1.82, 2.24) is 29.7 Å². The van der Waals surface area contributed by atoms with Gasteiger partial charge in [-0.15, -0.1) is 0 Å². The lowest BCUT2D eigenvalue weighted by molar-refractivity contribution is 0.122. The molecule has 0 atom stereocenters. The predicted molar refractivity (Wildman–Crippen MR) is 125 cm³/mol. The molecule has 3 aromatic rings. The Bertz CT molecular complexity index is 1160. The van der Waals surface area contributed by atoms with E-state index in [4.69, 9.17) is 4.74 Å². The van der Waals surface area contributed by atoms with E-state index in [0.29, 0.717) is 30.4 Å². The molecule has 33 heavy (non-hydrogen) atoms. The molecule has 2 aromatic heterocycles. The number of aromatic nitrogens is 3. The average Bonchev–Trinajstić information content (AvgIpc) is 3.28. The quantitative estimate of drug-likeness (QED) is 0.661. The lowest BCUT2D eigenvalue weighted by atomic mass is 10.1. The monoisotopic (exact) mass is 445 g/mol. The number of rotatable bonds is 4. The molecule has 0 saturated carbocycles. The van der Waals surface area contributed by atoms with Crippen LogP contribution in [0.25, 0.3) is 11.4 Å². The Morgan fingerprint density at radius 3 is 2.52 bits per heavy atom. The lowest BCUT2D eigenvalue weighted by Crippen LogP contribution is -2.50. The van der Waals surface area contributed by atoms with E-state index in [0.717, 1.165) is 43.2 Å². The number of nitrogens with zero attached hydrogens (tertiary/aromatic N) is 6. The van der Waals surface area contributed by atoms with Crippen molar-refractivity contribution in [3.8, 4) is 17.1 Å². The second-order valence-corrected chi connectivity index (χ2v) is 8.38. The number of piperazine rings is 1. The van der Waals surface area contributed by atoms with Crippen LogP contribution < -0.4 is 10.1 Å². The standard InChI is InChI=1S/C24H27N7O2/c1-29-9-11-30(12-10-29)24(32)31-15-17-3-4-19(13-18(17)16-31)27-23-26-8-6-21(28-23)22-14-20(33-2)5-7-25-22/h3-8,13-14H,9-12,15-16H2,1-2H3,(H,26,27,28). The topological polar surface area (TPSA) is 86.7 Å². The number of urea groups is 1. The van der Waals surface area contributed by atoms with Crippen LogP contribution in [0.15, 0.2) is 48.8 Å². The van der Waals surface area contributed by atoms with Crippen LogP contribution >= 0.6 is 0 Å². The third kappa shape index (κ3) is 4.58. The maximum atomic E-state index is 13.0. The van der Waals surface area contributed by atoms with Crippen LogP contribution in [0.1, 0.15) is 11.1 Å². The first-order chi connectivity index (χ1) is 16.1. The molecule has 2 aliphatic heterocycles. The fourth-order valence-electron chi connectivity index (χ4n) is 4.17. The molecule has 170 valence electrons. The Kier molecular flexibility index (Phi) is 5.78. The molecule has 0 aliphatic carbocycles. The Morgan fingerprint density at radius 2 is 1.70 bits per heavy atom. The van der Waals surface area contributed by atoms with Gasteiger partial charge in [0.15, 0.2) is 0 Å². The highest BCUT2D eigenvalue weighted by atomic mass is 16.5. The number of pyridine rings is 1. The van der Waals surface area contributed by atoms with Crippen molar-refractivity contribution in [2.24, 2.45) is 0 Å². The molecule has 9 heteroatoms. The zero-order valence-corrected chi connectivity index (χ0v) is 18.9. The highest BCUT2D eigenvalue weighted by molar-refractivity contribution is 5.76. The van der Waals surface area contributed by atoms with Gasteiger partial charge in [0.25, 0.3) is 0 Å². The van der Waals surface area contributed by atoms with Gasteiger partial charge in [0.2, 0.25) is 5.95 Å². The molecule has 1 N–H and O–H groups in total. The molecule has 0 radical (unpaired) electrons. The molecule has 9 nitrogen and oxygen atoms in total. The summed E-state index contributed by atoms with van der Waals surface area (Å²) in [5.74, 6) is 1.21. The van der Waals surface area contributed by atoms with Crippen molar-refractivity contribution >= 4 is 17.7 Å². The minimum Gasteiger partial charge on any atom is -0.497 e. The summed E-state index contributed by atoms with van der Waals surface area (Å²) >= 11 is 0. The SMILES string of the molecule is COc1ccnc(-c2ccnc(Nc3ccc4c(c3)CN(C(=O)N3CCN(C)CC3)C4)n2)c1. The van der Waals surface area contributed by atoms with Crippen molar-refractivity contribution in [3.05, 3.63) is 59.9 Å². The van der Waals surface area contributed by atoms with Crippen LogP contribution in [-0.4, -0.2) is 76.0 Å². The summed E-state index contributed by atoms with van der Waals surface area (Å²) in [5.41, 5.74) is 4.63. The number of hydrogen-bond donors (Lipinski definition) is 1. The van der Waals surface area contributed by atoms with Crippen LogP contribution in [0.2, 0.25) is 0 Å². The van der Waals surface area contributed by atoms with E-state index >= 15 is 0 Å². The number of hydrogen-bond acceptors (Lipinski definition) is 7. The highest BCUT2D eigenvalue weighted by Gasteiger charge is 2.28. The van der Waals surface area contributed by atoms with Gasteiger partial charge in [-0.05, 0) is 42.4 Å². The van der Waals surface area contributed by atoms with Crippen molar-refractivity contribution in [3.63, 3.8) is 0 Å². The molecule has 0 spiro atoms. The molecule has 1 aromatic carbocycles. The second-order valence-electron chi connectivity index (χ2n) is 8.38. The smallest absolute Gasteiger partial charge is 0.320 e. The van der Waals surface area contributed by atoms with Crippen molar-refractivity contribution in [1.29, 1.82) is 0 Å². The zero-order valence-electron chi connectivity index (χ0n) is 18.9. The maximum absolute atomic E-state index is 13.0. The number of nitrogens with one attached hydrogen (secondary N) is 1. The molecule has 2 aliphatic rings. The molecule has 0 bridgehead atoms. The number of amides is 2. The van der Waals surface area contributed by atoms with E-state index < -0.39 is 0 Å². The summed E-state index contributed by atoms with van der Waals surface area (Å²) in [6, 6.07) is 11.7. The summed E-state index contributed by atoms with van der Waals surface area (Å²) in [6.07, 6.45) is 3.40. The summed E-state index contributed by atoms with van der Waals surface area (Å²) in [5, 5.41) is 3.28. The first kappa shape index (κ1) is 21.1. The van der Waals surface area contributed by atoms with Crippen molar-refractivity contribution in [2.75, 3.05) is 45.7 Å². The Morgan fingerprint density at radius 1 is 0.909 bits per heavy atom. The van der Waals surface area contributed by atoms with E-state index in [-0.39, 0.29) is 6.03 Å². The summed E-state index contributed by atoms with van der Waals surface area (Å²) in [7, 11) is 3.72. The number of methoxy groups -OCH3 is 1. The fourth-order valence-corrected chi connectivity index (χ4v) is 4.17. The van der Waals surface area contributed by atoms with Crippen molar-refractivity contribution < 1.29 is 9.53 Å². The predicted octanol–water partition coefficient (Wildman–Crippen LogP) is 2.97. The average molecular weight is 446 g/mol. The first-order valence-electron chi connectivity index (χ1n) is 11.0. The van der Waals surface area contributed by atoms with E-state index in [9.17, 15) is 4.79 Å². The third-order valence-electron chi connectivity index (χ3n) is 6.11. The molecule has 0 unspecified atom stereocenters. The number of likely N-dealkylation sites (N-methyl/N-ethyl adjacent to an activating group) is 1. The number of ether oxygens (including phenoxy) is 1. The fraction of sp³-hybridized carbons (Fsp3) is 0.333. The molecule has 4 heterocycles. The molecular formula is C24H27N7O2. The first-order valence-corrected chi connectivity index (χ1v) is 11.0. The zero-order chi connectivity index (χ0) is 22.8. The number of carbonyl (C=O) groups excluding carboxylic acids is 1. The van der Waals surface area contributed by atoms with Crippen molar-refractivity contribution in [2.45, 2.75) is 13.1 Å².